The Balaban J connectivity index is 1.43. The molecule has 2 amide bonds. The van der Waals surface area contributed by atoms with E-state index in [2.05, 4.69) is 79.9 Å². The summed E-state index contributed by atoms with van der Waals surface area (Å²) >= 11 is 18.8. The van der Waals surface area contributed by atoms with Crippen LogP contribution in [0.25, 0.3) is 10.8 Å². The smallest absolute Gasteiger partial charge is 0.276 e. The molecule has 0 fully saturated rings. The van der Waals surface area contributed by atoms with Crippen LogP contribution in [0.4, 0.5) is 0 Å². The lowest BCUT2D eigenvalue weighted by Crippen LogP contribution is -2.50. The van der Waals surface area contributed by atoms with Crippen molar-refractivity contribution in [2.75, 3.05) is 13.2 Å². The average Bonchev–Trinajstić information content (AvgIpc) is 2.76. The Morgan fingerprint density at radius 1 is 0.882 bits per heavy atom. The van der Waals surface area contributed by atoms with Gasteiger partial charge in [0.05, 0.1) is 8.95 Å². The fraction of sp³-hybridized carbons (Fsp3) is 0.136. The third-order valence-corrected chi connectivity index (χ3v) is 6.91. The second kappa shape index (κ2) is 12.3. The highest BCUT2D eigenvalue weighted by atomic mass is 79.9. The lowest BCUT2D eigenvalue weighted by atomic mass is 10.1. The van der Waals surface area contributed by atoms with E-state index in [4.69, 9.17) is 21.7 Å². The topological polar surface area (TPSA) is 88.7 Å². The maximum Gasteiger partial charge on any atom is 0.276 e. The molecule has 0 saturated carbocycles. The van der Waals surface area contributed by atoms with Gasteiger partial charge >= 0.3 is 0 Å². The molecular formula is C22H17Br4N3O4S. The van der Waals surface area contributed by atoms with Gasteiger partial charge in [0.25, 0.3) is 11.8 Å². The second-order valence-electron chi connectivity index (χ2n) is 6.90. The van der Waals surface area contributed by atoms with Crippen LogP contribution in [0, 0.1) is 6.92 Å². The summed E-state index contributed by atoms with van der Waals surface area (Å²) < 4.78 is 14.5. The third-order valence-electron chi connectivity index (χ3n) is 4.35. The van der Waals surface area contributed by atoms with Crippen molar-refractivity contribution < 1.29 is 19.1 Å². The Bertz CT molecular complexity index is 1250. The highest BCUT2D eigenvalue weighted by Crippen LogP contribution is 2.34. The molecule has 0 unspecified atom stereocenters. The van der Waals surface area contributed by atoms with Crippen molar-refractivity contribution in [1.82, 2.24) is 16.2 Å². The largest absolute Gasteiger partial charge is 0.483 e. The van der Waals surface area contributed by atoms with Crippen LogP contribution < -0.4 is 25.6 Å². The Morgan fingerprint density at radius 3 is 2.35 bits per heavy atom. The van der Waals surface area contributed by atoms with Crippen LogP contribution in [-0.2, 0) is 9.59 Å². The van der Waals surface area contributed by atoms with Gasteiger partial charge in [0.15, 0.2) is 18.3 Å². The van der Waals surface area contributed by atoms with E-state index in [1.165, 1.54) is 0 Å². The fourth-order valence-electron chi connectivity index (χ4n) is 2.86. The minimum absolute atomic E-state index is 0.0784. The first kappa shape index (κ1) is 26.9. The summed E-state index contributed by atoms with van der Waals surface area (Å²) in [6.07, 6.45) is 0. The lowest BCUT2D eigenvalue weighted by molar-refractivity contribution is -0.124. The van der Waals surface area contributed by atoms with Crippen LogP contribution in [0.5, 0.6) is 11.5 Å². The van der Waals surface area contributed by atoms with E-state index in [9.17, 15) is 9.59 Å². The molecule has 3 aromatic carbocycles. The summed E-state index contributed by atoms with van der Waals surface area (Å²) in [7, 11) is 0. The normalized spacial score (nSPS) is 10.5. The van der Waals surface area contributed by atoms with Crippen LogP contribution in [0.3, 0.4) is 0 Å². The molecular weight excluding hydrogens is 722 g/mol. The number of amides is 2. The molecule has 0 aliphatic carbocycles. The van der Waals surface area contributed by atoms with Crippen molar-refractivity contribution in [3.05, 3.63) is 65.9 Å². The van der Waals surface area contributed by atoms with E-state index in [1.54, 1.807) is 6.07 Å². The molecule has 0 aromatic heterocycles. The summed E-state index contributed by atoms with van der Waals surface area (Å²) in [6.45, 7) is 1.35. The minimum atomic E-state index is -0.486. The van der Waals surface area contributed by atoms with Gasteiger partial charge in [0, 0.05) is 8.95 Å². The van der Waals surface area contributed by atoms with Crippen molar-refractivity contribution in [1.29, 1.82) is 0 Å². The number of carbonyl (C=O) groups is 2. The number of rotatable bonds is 6. The number of nitrogens with one attached hydrogen (secondary N) is 3. The van der Waals surface area contributed by atoms with E-state index in [-0.39, 0.29) is 18.3 Å². The third kappa shape index (κ3) is 7.38. The van der Waals surface area contributed by atoms with Gasteiger partial charge in [-0.05, 0) is 97.7 Å². The monoisotopic (exact) mass is 735 g/mol. The molecule has 0 aliphatic heterocycles. The molecule has 3 rings (SSSR count). The lowest BCUT2D eigenvalue weighted by Gasteiger charge is -2.14. The number of benzene rings is 3. The van der Waals surface area contributed by atoms with Crippen LogP contribution >= 0.6 is 75.9 Å². The first-order valence-corrected chi connectivity index (χ1v) is 13.2. The molecule has 0 saturated heterocycles. The molecule has 0 heterocycles. The van der Waals surface area contributed by atoms with Gasteiger partial charge in [-0.3, -0.25) is 25.8 Å². The number of ether oxygens (including phenoxy) is 2. The summed E-state index contributed by atoms with van der Waals surface area (Å²) in [4.78, 5) is 24.2. The van der Waals surface area contributed by atoms with E-state index in [1.807, 2.05) is 43.3 Å². The van der Waals surface area contributed by atoms with Crippen LogP contribution in [0.15, 0.2) is 60.4 Å². The van der Waals surface area contributed by atoms with Crippen molar-refractivity contribution in [3.8, 4) is 11.5 Å². The second-order valence-corrected chi connectivity index (χ2v) is 10.8. The number of fused-ring (bicyclic) bond motifs is 1. The van der Waals surface area contributed by atoms with Crippen molar-refractivity contribution >= 4 is 104 Å². The Kier molecular flexibility index (Phi) is 9.72. The first-order chi connectivity index (χ1) is 16.1. The Labute approximate surface area is 234 Å². The predicted octanol–water partition coefficient (Wildman–Crippen LogP) is 5.68. The van der Waals surface area contributed by atoms with Gasteiger partial charge in [-0.15, -0.1) is 0 Å². The quantitative estimate of drug-likeness (QED) is 0.223. The standard InChI is InChI=1S/C22H17Br4N3O4S/c1-11-6-14(24)8-16(25)21(11)33-10-19(31)28-29-22(34)27-18(30)9-32-17-5-2-12-7-13(23)3-4-15(12)20(17)26/h2-8H,9-10H2,1H3,(H,28,31)(H2,27,29,30,34). The highest BCUT2D eigenvalue weighted by Gasteiger charge is 2.12. The molecule has 0 radical (unpaired) electrons. The number of hydrogen-bond acceptors (Lipinski definition) is 5. The predicted molar refractivity (Wildman–Crippen MR) is 149 cm³/mol. The molecule has 7 nitrogen and oxygen atoms in total. The molecule has 0 atom stereocenters. The van der Waals surface area contributed by atoms with E-state index in [0.29, 0.717) is 16.0 Å². The molecule has 12 heteroatoms. The van der Waals surface area contributed by atoms with Gasteiger partial charge in [0.1, 0.15) is 11.5 Å². The highest BCUT2D eigenvalue weighted by molar-refractivity contribution is 9.11. The maximum atomic E-state index is 12.2. The van der Waals surface area contributed by atoms with Crippen LogP contribution in [0.2, 0.25) is 0 Å². The van der Waals surface area contributed by atoms with Crippen molar-refractivity contribution in [3.63, 3.8) is 0 Å². The minimum Gasteiger partial charge on any atom is -0.483 e. The number of thiocarbonyl (C=S) groups is 1. The number of hydrazine groups is 1. The fourth-order valence-corrected chi connectivity index (χ4v) is 5.57. The zero-order chi connectivity index (χ0) is 24.8. The molecule has 178 valence electrons. The molecule has 0 spiro atoms. The van der Waals surface area contributed by atoms with Crippen molar-refractivity contribution in [2.24, 2.45) is 0 Å². The number of halogens is 4. The summed E-state index contributed by atoms with van der Waals surface area (Å²) in [6, 6.07) is 13.2. The maximum absolute atomic E-state index is 12.2. The molecule has 3 aromatic rings. The van der Waals surface area contributed by atoms with Crippen LogP contribution in [0.1, 0.15) is 5.56 Å². The Hall–Kier alpha value is -1.73. The van der Waals surface area contributed by atoms with E-state index < -0.39 is 11.8 Å². The number of aryl methyl sites for hydroxylation is 1. The molecule has 0 bridgehead atoms. The average molecular weight is 739 g/mol. The van der Waals surface area contributed by atoms with Gasteiger partial charge < -0.3 is 9.47 Å². The summed E-state index contributed by atoms with van der Waals surface area (Å²) in [5, 5.41) is 4.33. The van der Waals surface area contributed by atoms with Gasteiger partial charge in [-0.2, -0.15) is 0 Å². The van der Waals surface area contributed by atoms with Gasteiger partial charge in [0.2, 0.25) is 0 Å². The van der Waals surface area contributed by atoms with E-state index >= 15 is 0 Å². The van der Waals surface area contributed by atoms with Crippen LogP contribution in [-0.4, -0.2) is 30.1 Å². The van der Waals surface area contributed by atoms with E-state index in [0.717, 1.165) is 29.8 Å². The molecule has 0 aliphatic rings. The number of carbonyl (C=O) groups excluding carboxylic acids is 2. The SMILES string of the molecule is Cc1cc(Br)cc(Br)c1OCC(=O)NNC(=S)NC(=O)COc1ccc2cc(Br)ccc2c1Br. The van der Waals surface area contributed by atoms with Crippen molar-refractivity contribution in [2.45, 2.75) is 6.92 Å². The Morgan fingerprint density at radius 2 is 1.62 bits per heavy atom. The van der Waals surface area contributed by atoms with Gasteiger partial charge in [-0.1, -0.05) is 44.0 Å². The number of hydrogen-bond donors (Lipinski definition) is 3. The summed E-state index contributed by atoms with van der Waals surface area (Å²) in [5.74, 6) is 0.108. The molecule has 34 heavy (non-hydrogen) atoms. The van der Waals surface area contributed by atoms with Gasteiger partial charge in [-0.25, -0.2) is 0 Å². The molecule has 3 N–H and O–H groups in total. The summed E-state index contributed by atoms with van der Waals surface area (Å²) in [5.41, 5.74) is 5.68. The zero-order valence-corrected chi connectivity index (χ0v) is 24.7. The zero-order valence-electron chi connectivity index (χ0n) is 17.5. The first-order valence-electron chi connectivity index (χ1n) is 9.61.